The average Bonchev–Trinajstić information content (AvgIpc) is 3.47. The molecule has 3 fully saturated rings. The predicted molar refractivity (Wildman–Crippen MR) is 120 cm³/mol. The third kappa shape index (κ3) is 3.28. The number of nitrogens with one attached hydrogen (secondary N) is 2. The average molecular weight is 467 g/mol. The number of amides is 1. The highest BCUT2D eigenvalue weighted by atomic mass is 19.4. The molecule has 4 heterocycles. The van der Waals surface area contributed by atoms with Crippen LogP contribution in [0.4, 0.5) is 19.0 Å². The van der Waals surface area contributed by atoms with E-state index in [0.717, 1.165) is 36.5 Å². The van der Waals surface area contributed by atoms with E-state index in [2.05, 4.69) is 20.6 Å². The molecule has 0 radical (unpaired) electrons. The van der Waals surface area contributed by atoms with Gasteiger partial charge in [0.15, 0.2) is 0 Å². The molecule has 4 aliphatic rings. The van der Waals surface area contributed by atoms with Crippen molar-refractivity contribution in [2.75, 3.05) is 11.9 Å². The van der Waals surface area contributed by atoms with Crippen molar-refractivity contribution in [3.63, 3.8) is 0 Å². The Morgan fingerprint density at radius 2 is 2.06 bits per heavy atom. The number of likely N-dealkylation sites (tertiary alicyclic amines) is 1. The maximum Gasteiger partial charge on any atom is 0.417 e. The molecule has 0 bridgehead atoms. The zero-order chi connectivity index (χ0) is 23.7. The number of hydrogen-bond donors (Lipinski definition) is 2. The molecule has 176 valence electrons. The number of alkyl halides is 3. The molecule has 9 heteroatoms. The first-order valence-electron chi connectivity index (χ1n) is 11.5. The normalized spacial score (nSPS) is 31.4. The van der Waals surface area contributed by atoms with E-state index in [1.165, 1.54) is 6.07 Å². The number of anilines is 1. The molecule has 1 saturated heterocycles. The molecule has 2 N–H and O–H groups in total. The summed E-state index contributed by atoms with van der Waals surface area (Å²) in [6.07, 6.45) is 3.97. The van der Waals surface area contributed by atoms with Crippen molar-refractivity contribution in [1.82, 2.24) is 20.2 Å². The van der Waals surface area contributed by atoms with Gasteiger partial charge in [-0.05, 0) is 61.4 Å². The highest BCUT2D eigenvalue weighted by molar-refractivity contribution is 6.04. The van der Waals surface area contributed by atoms with Gasteiger partial charge in [0.2, 0.25) is 0 Å². The van der Waals surface area contributed by atoms with Crippen LogP contribution >= 0.6 is 0 Å². The first-order valence-corrected chi connectivity index (χ1v) is 11.5. The highest BCUT2D eigenvalue weighted by Gasteiger charge is 2.75. The number of pyridine rings is 2. The van der Waals surface area contributed by atoms with Gasteiger partial charge in [-0.25, -0.2) is 4.98 Å². The van der Waals surface area contributed by atoms with E-state index in [1.54, 1.807) is 6.20 Å². The second-order valence-electron chi connectivity index (χ2n) is 9.72. The summed E-state index contributed by atoms with van der Waals surface area (Å²) in [7, 11) is 0. The van der Waals surface area contributed by atoms with Crippen LogP contribution in [0.15, 0.2) is 60.5 Å². The standard InChI is InChI=1S/C25H24F3N5O/c1-14-5-7-17(21(31-14)18-4-2-3-9-29-18)23(34)33-13-16-10-24(16)11-19(22(24)33)32-20-8-6-15(12-30-20)25(26,27)28/h2-9,12,14,16,19,22,31H,10-11,13H2,1H3,(H,30,32). The molecule has 6 nitrogen and oxygen atoms in total. The van der Waals surface area contributed by atoms with Gasteiger partial charge < -0.3 is 15.5 Å². The Bertz CT molecular complexity index is 1190. The fourth-order valence-corrected chi connectivity index (χ4v) is 5.93. The van der Waals surface area contributed by atoms with Crippen LogP contribution < -0.4 is 10.6 Å². The molecule has 5 atom stereocenters. The predicted octanol–water partition coefficient (Wildman–Crippen LogP) is 3.86. The summed E-state index contributed by atoms with van der Waals surface area (Å²) in [4.78, 5) is 24.1. The van der Waals surface area contributed by atoms with Crippen LogP contribution in [0.1, 0.15) is 31.0 Å². The number of rotatable bonds is 4. The van der Waals surface area contributed by atoms with Crippen LogP contribution in [-0.4, -0.2) is 45.4 Å². The number of aromatic nitrogens is 2. The lowest BCUT2D eigenvalue weighted by atomic mass is 9.71. The number of nitrogens with zero attached hydrogens (tertiary/aromatic N) is 3. The summed E-state index contributed by atoms with van der Waals surface area (Å²) in [5.41, 5.74) is 1.39. The quantitative estimate of drug-likeness (QED) is 0.715. The summed E-state index contributed by atoms with van der Waals surface area (Å²) >= 11 is 0. The maximum atomic E-state index is 13.8. The van der Waals surface area contributed by atoms with E-state index in [1.807, 2.05) is 42.2 Å². The maximum absolute atomic E-state index is 13.8. The van der Waals surface area contributed by atoms with E-state index >= 15 is 0 Å². The minimum atomic E-state index is -4.42. The number of halogens is 3. The van der Waals surface area contributed by atoms with E-state index < -0.39 is 11.7 Å². The smallest absolute Gasteiger partial charge is 0.377 e. The molecule has 1 spiro atoms. The number of dihydropyridines is 1. The lowest BCUT2D eigenvalue weighted by molar-refractivity contribution is -0.137. The van der Waals surface area contributed by atoms with E-state index in [0.29, 0.717) is 23.9 Å². The van der Waals surface area contributed by atoms with Crippen molar-refractivity contribution in [2.24, 2.45) is 11.3 Å². The minimum absolute atomic E-state index is 0.000625. The second kappa shape index (κ2) is 7.32. The topological polar surface area (TPSA) is 70.2 Å². The number of carbonyl (C=O) groups excluding carboxylic acids is 1. The van der Waals surface area contributed by atoms with Crippen LogP contribution in [0.25, 0.3) is 5.70 Å². The summed E-state index contributed by atoms with van der Waals surface area (Å²) in [6.45, 7) is 2.72. The Kier molecular flexibility index (Phi) is 4.56. The van der Waals surface area contributed by atoms with Crippen molar-refractivity contribution >= 4 is 17.4 Å². The summed E-state index contributed by atoms with van der Waals surface area (Å²) < 4.78 is 38.6. The first-order chi connectivity index (χ1) is 16.3. The lowest BCUT2D eigenvalue weighted by Gasteiger charge is -2.48. The summed E-state index contributed by atoms with van der Waals surface area (Å²) in [5.74, 6) is 0.837. The second-order valence-corrected chi connectivity index (χ2v) is 9.72. The van der Waals surface area contributed by atoms with Crippen LogP contribution in [0.3, 0.4) is 0 Å². The molecular weight excluding hydrogens is 443 g/mol. The van der Waals surface area contributed by atoms with E-state index in [4.69, 9.17) is 0 Å². The number of carbonyl (C=O) groups is 1. The van der Waals surface area contributed by atoms with E-state index in [-0.39, 0.29) is 29.4 Å². The van der Waals surface area contributed by atoms with Gasteiger partial charge in [0, 0.05) is 31.0 Å². The molecule has 2 saturated carbocycles. The third-order valence-electron chi connectivity index (χ3n) is 7.63. The van der Waals surface area contributed by atoms with Crippen molar-refractivity contribution in [3.05, 3.63) is 71.7 Å². The molecule has 2 aliphatic carbocycles. The zero-order valence-electron chi connectivity index (χ0n) is 18.5. The van der Waals surface area contributed by atoms with Crippen molar-refractivity contribution in [2.45, 2.75) is 44.1 Å². The Morgan fingerprint density at radius 1 is 1.21 bits per heavy atom. The van der Waals surface area contributed by atoms with Gasteiger partial charge in [-0.2, -0.15) is 13.2 Å². The van der Waals surface area contributed by atoms with Crippen LogP contribution in [0.5, 0.6) is 0 Å². The molecule has 34 heavy (non-hydrogen) atoms. The molecule has 0 aromatic carbocycles. The van der Waals surface area contributed by atoms with Gasteiger partial charge in [0.1, 0.15) is 5.82 Å². The lowest BCUT2D eigenvalue weighted by Crippen LogP contribution is -2.60. The first kappa shape index (κ1) is 21.2. The monoisotopic (exact) mass is 467 g/mol. The van der Waals surface area contributed by atoms with Crippen LogP contribution in [0, 0.1) is 11.3 Å². The van der Waals surface area contributed by atoms with Gasteiger partial charge >= 0.3 is 6.18 Å². The fraction of sp³-hybridized carbons (Fsp3) is 0.400. The number of piperidine rings is 1. The van der Waals surface area contributed by atoms with Gasteiger partial charge in [0.25, 0.3) is 5.91 Å². The molecule has 6 rings (SSSR count). The number of hydrogen-bond acceptors (Lipinski definition) is 5. The Labute approximate surface area is 195 Å². The van der Waals surface area contributed by atoms with Crippen molar-refractivity contribution in [3.8, 4) is 0 Å². The van der Waals surface area contributed by atoms with Gasteiger partial charge in [-0.1, -0.05) is 12.1 Å². The molecule has 2 aromatic rings. The molecular formula is C25H24F3N5O. The SMILES string of the molecule is CC1C=CC(C(=O)N2CC3CC34CC(Nc3ccc(C(F)(F)F)cn3)C24)=C(c2ccccn2)N1. The van der Waals surface area contributed by atoms with Crippen molar-refractivity contribution < 1.29 is 18.0 Å². The minimum Gasteiger partial charge on any atom is -0.377 e. The largest absolute Gasteiger partial charge is 0.417 e. The van der Waals surface area contributed by atoms with Gasteiger partial charge in [-0.15, -0.1) is 0 Å². The van der Waals surface area contributed by atoms with Crippen LogP contribution in [-0.2, 0) is 11.0 Å². The van der Waals surface area contributed by atoms with Gasteiger partial charge in [-0.3, -0.25) is 9.78 Å². The molecule has 2 aliphatic heterocycles. The Morgan fingerprint density at radius 3 is 2.76 bits per heavy atom. The Balaban J connectivity index is 1.25. The van der Waals surface area contributed by atoms with E-state index in [9.17, 15) is 18.0 Å². The zero-order valence-corrected chi connectivity index (χ0v) is 18.5. The highest BCUT2D eigenvalue weighted by Crippen LogP contribution is 2.71. The van der Waals surface area contributed by atoms with Crippen LogP contribution in [0.2, 0.25) is 0 Å². The van der Waals surface area contributed by atoms with Gasteiger partial charge in [0.05, 0.1) is 28.6 Å². The fourth-order valence-electron chi connectivity index (χ4n) is 5.93. The summed E-state index contributed by atoms with van der Waals surface area (Å²) in [5, 5.41) is 6.67. The molecule has 5 unspecified atom stereocenters. The molecule has 2 aromatic heterocycles. The third-order valence-corrected chi connectivity index (χ3v) is 7.63. The Hall–Kier alpha value is -3.36. The summed E-state index contributed by atoms with van der Waals surface area (Å²) in [6, 6.07) is 8.04. The van der Waals surface area contributed by atoms with Crippen molar-refractivity contribution in [1.29, 1.82) is 0 Å². The molecule has 1 amide bonds.